The predicted molar refractivity (Wildman–Crippen MR) is 77.3 cm³/mol. The standard InChI is InChI=1S/C15H16N2O3/c1-11(18)16-8-4-5-12-9-17(10-15(19)20)14-7-3-2-6-13(12)14/h2-7,9H,8,10H2,1H3,(H,16,18)(H,19,20). The molecule has 1 heterocycles. The second-order valence-corrected chi connectivity index (χ2v) is 4.46. The topological polar surface area (TPSA) is 71.3 Å². The summed E-state index contributed by atoms with van der Waals surface area (Å²) < 4.78 is 1.70. The van der Waals surface area contributed by atoms with Crippen LogP contribution in [0.1, 0.15) is 12.5 Å². The number of carbonyl (C=O) groups excluding carboxylic acids is 1. The van der Waals surface area contributed by atoms with E-state index in [9.17, 15) is 9.59 Å². The molecule has 5 nitrogen and oxygen atoms in total. The number of fused-ring (bicyclic) bond motifs is 1. The summed E-state index contributed by atoms with van der Waals surface area (Å²) in [6.45, 7) is 1.85. The highest BCUT2D eigenvalue weighted by molar-refractivity contribution is 5.90. The molecule has 1 amide bonds. The van der Waals surface area contributed by atoms with E-state index in [0.717, 1.165) is 16.5 Å². The minimum atomic E-state index is -0.875. The quantitative estimate of drug-likeness (QED) is 0.873. The Bertz CT molecular complexity index is 671. The van der Waals surface area contributed by atoms with E-state index in [1.807, 2.05) is 42.6 Å². The number of aliphatic carboxylic acids is 1. The van der Waals surface area contributed by atoms with Gasteiger partial charge in [-0.1, -0.05) is 30.4 Å². The lowest BCUT2D eigenvalue weighted by atomic mass is 10.1. The summed E-state index contributed by atoms with van der Waals surface area (Å²) in [4.78, 5) is 21.6. The van der Waals surface area contributed by atoms with E-state index in [2.05, 4.69) is 5.32 Å². The summed E-state index contributed by atoms with van der Waals surface area (Å²) in [5.41, 5.74) is 1.82. The first-order chi connectivity index (χ1) is 9.58. The fourth-order valence-electron chi connectivity index (χ4n) is 2.07. The zero-order chi connectivity index (χ0) is 14.5. The van der Waals surface area contributed by atoms with Crippen molar-refractivity contribution in [3.05, 3.63) is 42.1 Å². The molecule has 1 aromatic heterocycles. The van der Waals surface area contributed by atoms with Crippen LogP contribution in [-0.2, 0) is 16.1 Å². The van der Waals surface area contributed by atoms with Crippen LogP contribution in [0.2, 0.25) is 0 Å². The first-order valence-corrected chi connectivity index (χ1v) is 6.28. The molecule has 104 valence electrons. The molecule has 0 saturated carbocycles. The lowest BCUT2D eigenvalue weighted by molar-refractivity contribution is -0.137. The minimum absolute atomic E-state index is 0.0694. The third-order valence-electron chi connectivity index (χ3n) is 2.89. The van der Waals surface area contributed by atoms with Crippen LogP contribution in [0.4, 0.5) is 0 Å². The van der Waals surface area contributed by atoms with E-state index in [4.69, 9.17) is 5.11 Å². The summed E-state index contributed by atoms with van der Waals surface area (Å²) in [6, 6.07) is 7.64. The van der Waals surface area contributed by atoms with Gasteiger partial charge in [0.15, 0.2) is 0 Å². The largest absolute Gasteiger partial charge is 0.480 e. The van der Waals surface area contributed by atoms with Crippen molar-refractivity contribution in [3.63, 3.8) is 0 Å². The third kappa shape index (κ3) is 3.26. The highest BCUT2D eigenvalue weighted by atomic mass is 16.4. The fourth-order valence-corrected chi connectivity index (χ4v) is 2.07. The predicted octanol–water partition coefficient (Wildman–Crippen LogP) is 1.88. The lowest BCUT2D eigenvalue weighted by Gasteiger charge is -1.99. The molecule has 20 heavy (non-hydrogen) atoms. The summed E-state index contributed by atoms with van der Waals surface area (Å²) in [5, 5.41) is 12.6. The summed E-state index contributed by atoms with van der Waals surface area (Å²) in [7, 11) is 0. The number of nitrogens with one attached hydrogen (secondary N) is 1. The van der Waals surface area contributed by atoms with Crippen LogP contribution in [0.3, 0.4) is 0 Å². The van der Waals surface area contributed by atoms with E-state index in [-0.39, 0.29) is 12.5 Å². The maximum absolute atomic E-state index is 10.9. The van der Waals surface area contributed by atoms with Gasteiger partial charge in [0.05, 0.1) is 0 Å². The SMILES string of the molecule is CC(=O)NCC=Cc1cn(CC(=O)O)c2ccccc12. The minimum Gasteiger partial charge on any atom is -0.480 e. The zero-order valence-electron chi connectivity index (χ0n) is 11.2. The molecule has 5 heteroatoms. The fraction of sp³-hybridized carbons (Fsp3) is 0.200. The number of rotatable bonds is 5. The van der Waals surface area contributed by atoms with Crippen molar-refractivity contribution in [2.45, 2.75) is 13.5 Å². The van der Waals surface area contributed by atoms with Gasteiger partial charge in [-0.25, -0.2) is 0 Å². The van der Waals surface area contributed by atoms with Gasteiger partial charge in [0.1, 0.15) is 6.54 Å². The normalized spacial score (nSPS) is 11.1. The number of carboxylic acids is 1. The van der Waals surface area contributed by atoms with E-state index in [1.54, 1.807) is 4.57 Å². The van der Waals surface area contributed by atoms with Crippen molar-refractivity contribution < 1.29 is 14.7 Å². The Morgan fingerprint density at radius 2 is 2.10 bits per heavy atom. The molecule has 0 aliphatic carbocycles. The number of hydrogen-bond donors (Lipinski definition) is 2. The van der Waals surface area contributed by atoms with Crippen LogP contribution in [0.15, 0.2) is 36.5 Å². The molecule has 0 aliphatic heterocycles. The van der Waals surface area contributed by atoms with Gasteiger partial charge in [-0.2, -0.15) is 0 Å². The Kier molecular flexibility index (Phi) is 4.20. The molecule has 0 fully saturated rings. The van der Waals surface area contributed by atoms with Crippen LogP contribution in [0.5, 0.6) is 0 Å². The highest BCUT2D eigenvalue weighted by Gasteiger charge is 2.08. The Hall–Kier alpha value is -2.56. The van der Waals surface area contributed by atoms with Crippen molar-refractivity contribution in [1.29, 1.82) is 0 Å². The van der Waals surface area contributed by atoms with Gasteiger partial charge < -0.3 is 15.0 Å². The summed E-state index contributed by atoms with van der Waals surface area (Å²) in [6.07, 6.45) is 5.54. The number of carbonyl (C=O) groups is 2. The number of nitrogens with zero attached hydrogens (tertiary/aromatic N) is 1. The van der Waals surface area contributed by atoms with Gasteiger partial charge in [-0.05, 0) is 11.6 Å². The van der Waals surface area contributed by atoms with Gasteiger partial charge in [-0.3, -0.25) is 9.59 Å². The average molecular weight is 272 g/mol. The lowest BCUT2D eigenvalue weighted by Crippen LogP contribution is -2.19. The van der Waals surface area contributed by atoms with Gasteiger partial charge in [0.25, 0.3) is 0 Å². The molecule has 0 atom stereocenters. The van der Waals surface area contributed by atoms with Crippen molar-refractivity contribution in [2.75, 3.05) is 6.54 Å². The van der Waals surface area contributed by atoms with Crippen LogP contribution < -0.4 is 5.32 Å². The van der Waals surface area contributed by atoms with Crippen LogP contribution in [-0.4, -0.2) is 28.1 Å². The second kappa shape index (κ2) is 6.06. The average Bonchev–Trinajstić information content (AvgIpc) is 2.73. The van der Waals surface area contributed by atoms with E-state index >= 15 is 0 Å². The highest BCUT2D eigenvalue weighted by Crippen LogP contribution is 2.22. The van der Waals surface area contributed by atoms with Crippen molar-refractivity contribution in [3.8, 4) is 0 Å². The van der Waals surface area contributed by atoms with Crippen LogP contribution >= 0.6 is 0 Å². The molecule has 0 bridgehead atoms. The van der Waals surface area contributed by atoms with E-state index < -0.39 is 5.97 Å². The molecular formula is C15H16N2O3. The third-order valence-corrected chi connectivity index (χ3v) is 2.89. The van der Waals surface area contributed by atoms with Crippen LogP contribution in [0, 0.1) is 0 Å². The molecule has 0 saturated heterocycles. The van der Waals surface area contributed by atoms with Crippen LogP contribution in [0.25, 0.3) is 17.0 Å². The number of benzene rings is 1. The van der Waals surface area contributed by atoms with Crippen molar-refractivity contribution in [1.82, 2.24) is 9.88 Å². The molecule has 0 unspecified atom stereocenters. The molecule has 2 aromatic rings. The molecule has 2 N–H and O–H groups in total. The first kappa shape index (κ1) is 13.9. The second-order valence-electron chi connectivity index (χ2n) is 4.46. The Morgan fingerprint density at radius 1 is 1.35 bits per heavy atom. The van der Waals surface area contributed by atoms with Gasteiger partial charge in [-0.15, -0.1) is 0 Å². The Balaban J connectivity index is 2.28. The first-order valence-electron chi connectivity index (χ1n) is 6.28. The number of aromatic nitrogens is 1. The van der Waals surface area contributed by atoms with Gasteiger partial charge in [0, 0.05) is 30.6 Å². The van der Waals surface area contributed by atoms with Gasteiger partial charge in [0.2, 0.25) is 5.91 Å². The number of amides is 1. The van der Waals surface area contributed by atoms with E-state index in [0.29, 0.717) is 6.54 Å². The smallest absolute Gasteiger partial charge is 0.323 e. The van der Waals surface area contributed by atoms with Crippen molar-refractivity contribution >= 4 is 28.9 Å². The monoisotopic (exact) mass is 272 g/mol. The maximum Gasteiger partial charge on any atom is 0.323 e. The molecular weight excluding hydrogens is 256 g/mol. The molecule has 0 spiro atoms. The Labute approximate surface area is 116 Å². The maximum atomic E-state index is 10.9. The zero-order valence-corrected chi connectivity index (χ0v) is 11.2. The van der Waals surface area contributed by atoms with Gasteiger partial charge >= 0.3 is 5.97 Å². The summed E-state index contributed by atoms with van der Waals surface area (Å²) in [5.74, 6) is -0.956. The Morgan fingerprint density at radius 3 is 2.80 bits per heavy atom. The molecule has 2 rings (SSSR count). The molecule has 1 aromatic carbocycles. The van der Waals surface area contributed by atoms with Crippen molar-refractivity contribution in [2.24, 2.45) is 0 Å². The summed E-state index contributed by atoms with van der Waals surface area (Å²) >= 11 is 0. The molecule has 0 aliphatic rings. The van der Waals surface area contributed by atoms with E-state index in [1.165, 1.54) is 6.92 Å². The number of carboxylic acid groups (broad SMARTS) is 1. The number of para-hydroxylation sites is 1. The number of hydrogen-bond acceptors (Lipinski definition) is 2. The molecule has 0 radical (unpaired) electrons.